The number of piperidine rings is 1. The van der Waals surface area contributed by atoms with Crippen molar-refractivity contribution in [3.63, 3.8) is 0 Å². The Balaban J connectivity index is 1.74. The molecular weight excluding hydrogens is 352 g/mol. The molecule has 1 saturated heterocycles. The Morgan fingerprint density at radius 2 is 2.04 bits per heavy atom. The molecule has 3 rings (SSSR count). The van der Waals surface area contributed by atoms with E-state index in [0.29, 0.717) is 23.4 Å². The number of carbonyl (C=O) groups excluding carboxylic acids is 1. The van der Waals surface area contributed by atoms with Gasteiger partial charge in [0.1, 0.15) is 17.1 Å². The van der Waals surface area contributed by atoms with Crippen LogP contribution < -0.4 is 10.2 Å². The highest BCUT2D eigenvalue weighted by Crippen LogP contribution is 2.30. The predicted octanol–water partition coefficient (Wildman–Crippen LogP) is 2.17. The number of nitriles is 1. The minimum atomic E-state index is 0.109. The Bertz CT molecular complexity index is 875. The SMILES string of the molecule is CC1CC(NC(=O)CCCN(C)C)CN(c2ccc(C#N)c3nccnc23)C1. The van der Waals surface area contributed by atoms with Gasteiger partial charge in [0.25, 0.3) is 0 Å². The first kappa shape index (κ1) is 20.0. The standard InChI is InChI=1S/C21H28N6O/c1-15-11-17(25-19(28)5-4-10-26(2)3)14-27(13-15)18-7-6-16(12-22)20-21(18)24-9-8-23-20/h6-9,15,17H,4-5,10-11,13-14H2,1-3H3,(H,25,28). The fourth-order valence-corrected chi connectivity index (χ4v) is 3.90. The Kier molecular flexibility index (Phi) is 6.42. The molecule has 7 nitrogen and oxygen atoms in total. The Morgan fingerprint density at radius 1 is 1.29 bits per heavy atom. The van der Waals surface area contributed by atoms with Gasteiger partial charge in [-0.3, -0.25) is 14.8 Å². The van der Waals surface area contributed by atoms with Crippen LogP contribution in [-0.4, -0.2) is 60.5 Å². The van der Waals surface area contributed by atoms with Gasteiger partial charge in [0.05, 0.1) is 11.3 Å². The van der Waals surface area contributed by atoms with Crippen LogP contribution in [0, 0.1) is 17.2 Å². The molecule has 2 aromatic rings. The van der Waals surface area contributed by atoms with Crippen molar-refractivity contribution in [2.24, 2.45) is 5.92 Å². The molecule has 0 radical (unpaired) electrons. The van der Waals surface area contributed by atoms with E-state index in [1.165, 1.54) is 0 Å². The third-order valence-corrected chi connectivity index (χ3v) is 5.10. The van der Waals surface area contributed by atoms with E-state index in [1.807, 2.05) is 20.2 Å². The summed E-state index contributed by atoms with van der Waals surface area (Å²) in [6.45, 7) is 4.75. The number of hydrogen-bond donors (Lipinski definition) is 1. The average Bonchev–Trinajstić information content (AvgIpc) is 2.66. The fraction of sp³-hybridized carbons (Fsp3) is 0.524. The van der Waals surface area contributed by atoms with Crippen LogP contribution in [0.1, 0.15) is 31.7 Å². The lowest BCUT2D eigenvalue weighted by Crippen LogP contribution is -2.50. The molecule has 1 fully saturated rings. The van der Waals surface area contributed by atoms with Gasteiger partial charge in [-0.1, -0.05) is 6.92 Å². The van der Waals surface area contributed by atoms with Gasteiger partial charge < -0.3 is 15.1 Å². The molecule has 1 aromatic carbocycles. The van der Waals surface area contributed by atoms with Crippen LogP contribution in [0.2, 0.25) is 0 Å². The number of nitrogens with one attached hydrogen (secondary N) is 1. The normalized spacial score (nSPS) is 19.6. The maximum Gasteiger partial charge on any atom is 0.220 e. The van der Waals surface area contributed by atoms with Crippen LogP contribution in [0.15, 0.2) is 24.5 Å². The second-order valence-electron chi connectivity index (χ2n) is 7.91. The van der Waals surface area contributed by atoms with Gasteiger partial charge in [-0.15, -0.1) is 0 Å². The van der Waals surface area contributed by atoms with Crippen LogP contribution in [0.3, 0.4) is 0 Å². The fourth-order valence-electron chi connectivity index (χ4n) is 3.90. The maximum absolute atomic E-state index is 12.3. The molecule has 2 atom stereocenters. The van der Waals surface area contributed by atoms with E-state index in [4.69, 9.17) is 0 Å². The first-order valence-corrected chi connectivity index (χ1v) is 9.80. The highest BCUT2D eigenvalue weighted by molar-refractivity contribution is 5.92. The monoisotopic (exact) mass is 380 g/mol. The molecule has 1 aliphatic heterocycles. The smallest absolute Gasteiger partial charge is 0.220 e. The molecule has 0 aliphatic carbocycles. The van der Waals surface area contributed by atoms with Gasteiger partial charge in [0.15, 0.2) is 0 Å². The van der Waals surface area contributed by atoms with E-state index in [2.05, 4.69) is 38.1 Å². The quantitative estimate of drug-likeness (QED) is 0.827. The molecule has 7 heteroatoms. The minimum Gasteiger partial charge on any atom is -0.367 e. The molecular formula is C21H28N6O. The summed E-state index contributed by atoms with van der Waals surface area (Å²) in [4.78, 5) is 25.5. The van der Waals surface area contributed by atoms with Gasteiger partial charge in [-0.05, 0) is 51.5 Å². The minimum absolute atomic E-state index is 0.109. The first-order valence-electron chi connectivity index (χ1n) is 9.80. The summed E-state index contributed by atoms with van der Waals surface area (Å²) in [7, 11) is 4.03. The number of hydrogen-bond acceptors (Lipinski definition) is 6. The van der Waals surface area contributed by atoms with Crippen LogP contribution in [0.25, 0.3) is 11.0 Å². The van der Waals surface area contributed by atoms with E-state index in [1.54, 1.807) is 18.5 Å². The van der Waals surface area contributed by atoms with Crippen molar-refractivity contribution in [3.8, 4) is 6.07 Å². The zero-order valence-corrected chi connectivity index (χ0v) is 16.9. The summed E-state index contributed by atoms with van der Waals surface area (Å²) in [6, 6.07) is 6.05. The number of amides is 1. The Labute approximate surface area is 166 Å². The lowest BCUT2D eigenvalue weighted by Gasteiger charge is -2.38. The van der Waals surface area contributed by atoms with Crippen LogP contribution in [0.4, 0.5) is 5.69 Å². The lowest BCUT2D eigenvalue weighted by atomic mass is 9.95. The van der Waals surface area contributed by atoms with Crippen LogP contribution in [0.5, 0.6) is 0 Å². The van der Waals surface area contributed by atoms with E-state index in [0.717, 1.165) is 43.7 Å². The van der Waals surface area contributed by atoms with Gasteiger partial charge >= 0.3 is 0 Å². The molecule has 1 amide bonds. The molecule has 1 N–H and O–H groups in total. The molecule has 148 valence electrons. The topological polar surface area (TPSA) is 85.2 Å². The maximum atomic E-state index is 12.3. The van der Waals surface area contributed by atoms with Gasteiger partial charge in [-0.25, -0.2) is 0 Å². The van der Waals surface area contributed by atoms with Crippen molar-refractivity contribution in [1.82, 2.24) is 20.2 Å². The van der Waals surface area contributed by atoms with E-state index in [9.17, 15) is 10.1 Å². The largest absolute Gasteiger partial charge is 0.367 e. The summed E-state index contributed by atoms with van der Waals surface area (Å²) >= 11 is 0. The molecule has 1 aliphatic rings. The summed E-state index contributed by atoms with van der Waals surface area (Å²) in [5.74, 6) is 0.563. The summed E-state index contributed by atoms with van der Waals surface area (Å²) in [5, 5.41) is 12.5. The van der Waals surface area contributed by atoms with Gasteiger partial charge in [0.2, 0.25) is 5.91 Å². The average molecular weight is 380 g/mol. The molecule has 0 spiro atoms. The zero-order chi connectivity index (χ0) is 20.1. The van der Waals surface area contributed by atoms with Crippen LogP contribution in [-0.2, 0) is 4.79 Å². The molecule has 1 aromatic heterocycles. The molecule has 28 heavy (non-hydrogen) atoms. The molecule has 2 unspecified atom stereocenters. The van der Waals surface area contributed by atoms with Gasteiger partial charge in [0, 0.05) is 37.9 Å². The molecule has 0 saturated carbocycles. The van der Waals surface area contributed by atoms with E-state index < -0.39 is 0 Å². The number of aromatic nitrogens is 2. The second kappa shape index (κ2) is 8.98. The number of fused-ring (bicyclic) bond motifs is 1. The number of rotatable bonds is 6. The Morgan fingerprint density at radius 3 is 2.75 bits per heavy atom. The number of anilines is 1. The second-order valence-corrected chi connectivity index (χ2v) is 7.91. The van der Waals surface area contributed by atoms with Crippen molar-refractivity contribution in [2.45, 2.75) is 32.2 Å². The van der Waals surface area contributed by atoms with Crippen molar-refractivity contribution < 1.29 is 4.79 Å². The summed E-state index contributed by atoms with van der Waals surface area (Å²) < 4.78 is 0. The zero-order valence-electron chi connectivity index (χ0n) is 16.9. The highest BCUT2D eigenvalue weighted by Gasteiger charge is 2.27. The van der Waals surface area contributed by atoms with Crippen molar-refractivity contribution in [3.05, 3.63) is 30.1 Å². The predicted molar refractivity (Wildman–Crippen MR) is 110 cm³/mol. The molecule has 0 bridgehead atoms. The number of carbonyl (C=O) groups is 1. The van der Waals surface area contributed by atoms with E-state index >= 15 is 0 Å². The van der Waals surface area contributed by atoms with Crippen LogP contribution >= 0.6 is 0 Å². The van der Waals surface area contributed by atoms with Gasteiger partial charge in [-0.2, -0.15) is 5.26 Å². The third-order valence-electron chi connectivity index (χ3n) is 5.10. The summed E-state index contributed by atoms with van der Waals surface area (Å²) in [5.41, 5.74) is 2.87. The Hall–Kier alpha value is -2.72. The highest BCUT2D eigenvalue weighted by atomic mass is 16.1. The van der Waals surface area contributed by atoms with Crippen molar-refractivity contribution in [2.75, 3.05) is 38.6 Å². The lowest BCUT2D eigenvalue weighted by molar-refractivity contribution is -0.122. The summed E-state index contributed by atoms with van der Waals surface area (Å²) in [6.07, 6.45) is 5.65. The van der Waals surface area contributed by atoms with Crippen molar-refractivity contribution in [1.29, 1.82) is 5.26 Å². The number of benzene rings is 1. The molecule has 2 heterocycles. The number of nitrogens with zero attached hydrogens (tertiary/aromatic N) is 5. The third kappa shape index (κ3) is 4.76. The van der Waals surface area contributed by atoms with E-state index in [-0.39, 0.29) is 11.9 Å². The first-order chi connectivity index (χ1) is 13.5. The van der Waals surface area contributed by atoms with Crippen molar-refractivity contribution >= 4 is 22.6 Å².